The number of hydrogen-bond donors (Lipinski definition) is 1. The van der Waals surface area contributed by atoms with E-state index in [9.17, 15) is 0 Å². The van der Waals surface area contributed by atoms with Crippen LogP contribution in [0.25, 0.3) is 0 Å². The molecular formula is C13H22N8. The third kappa shape index (κ3) is 3.05. The predicted molar refractivity (Wildman–Crippen MR) is 78.8 cm³/mol. The predicted octanol–water partition coefficient (Wildman–Crippen LogP) is 0.263. The normalized spacial score (nSPS) is 20.7. The van der Waals surface area contributed by atoms with Crippen molar-refractivity contribution < 1.29 is 0 Å². The van der Waals surface area contributed by atoms with E-state index < -0.39 is 0 Å². The second-order valence-electron chi connectivity index (χ2n) is 5.71. The molecule has 1 saturated heterocycles. The first kappa shape index (κ1) is 14.0. The number of hydrogen-bond acceptors (Lipinski definition) is 6. The number of anilines is 1. The van der Waals surface area contributed by atoms with Gasteiger partial charge in [-0.3, -0.25) is 4.68 Å². The standard InChI is InChI=1S/C13H22N8/c1-10(13-16-17-18-20(13)3)15-11-5-4-6-21(8-11)12-7-14-19(2)9-12/h7,9-11,15H,4-6,8H2,1-3H3. The molecule has 0 bridgehead atoms. The molecule has 0 amide bonds. The van der Waals surface area contributed by atoms with Gasteiger partial charge in [0.15, 0.2) is 5.82 Å². The summed E-state index contributed by atoms with van der Waals surface area (Å²) >= 11 is 0. The van der Waals surface area contributed by atoms with Gasteiger partial charge in [-0.1, -0.05) is 0 Å². The monoisotopic (exact) mass is 290 g/mol. The maximum Gasteiger partial charge on any atom is 0.167 e. The first-order valence-corrected chi connectivity index (χ1v) is 7.35. The molecule has 2 aromatic rings. The van der Waals surface area contributed by atoms with E-state index in [1.165, 1.54) is 18.5 Å². The lowest BCUT2D eigenvalue weighted by molar-refractivity contribution is 0.375. The lowest BCUT2D eigenvalue weighted by Gasteiger charge is -2.35. The third-order valence-corrected chi connectivity index (χ3v) is 4.00. The van der Waals surface area contributed by atoms with E-state index in [1.54, 1.807) is 4.68 Å². The minimum atomic E-state index is 0.142. The van der Waals surface area contributed by atoms with E-state index in [0.29, 0.717) is 6.04 Å². The van der Waals surface area contributed by atoms with Crippen LogP contribution in [0.3, 0.4) is 0 Å². The molecule has 2 atom stereocenters. The largest absolute Gasteiger partial charge is 0.367 e. The van der Waals surface area contributed by atoms with Gasteiger partial charge >= 0.3 is 0 Å². The highest BCUT2D eigenvalue weighted by Gasteiger charge is 2.24. The lowest BCUT2D eigenvalue weighted by atomic mass is 10.0. The zero-order valence-electron chi connectivity index (χ0n) is 12.8. The van der Waals surface area contributed by atoms with E-state index in [1.807, 2.05) is 25.0 Å². The van der Waals surface area contributed by atoms with Crippen LogP contribution in [0, 0.1) is 0 Å². The Bertz CT molecular complexity index is 589. The van der Waals surface area contributed by atoms with Gasteiger partial charge in [-0.25, -0.2) is 4.68 Å². The fraction of sp³-hybridized carbons (Fsp3) is 0.692. The van der Waals surface area contributed by atoms with Crippen molar-refractivity contribution in [1.29, 1.82) is 0 Å². The second-order valence-corrected chi connectivity index (χ2v) is 5.71. The van der Waals surface area contributed by atoms with Gasteiger partial charge in [0.25, 0.3) is 0 Å². The summed E-state index contributed by atoms with van der Waals surface area (Å²) in [7, 11) is 3.82. The number of nitrogens with zero attached hydrogens (tertiary/aromatic N) is 7. The molecule has 3 rings (SSSR count). The number of aromatic nitrogens is 6. The van der Waals surface area contributed by atoms with Crippen molar-refractivity contribution >= 4 is 5.69 Å². The molecule has 0 radical (unpaired) electrons. The van der Waals surface area contributed by atoms with Crippen LogP contribution in [-0.2, 0) is 14.1 Å². The van der Waals surface area contributed by atoms with Crippen molar-refractivity contribution in [2.24, 2.45) is 14.1 Å². The van der Waals surface area contributed by atoms with E-state index in [-0.39, 0.29) is 6.04 Å². The van der Waals surface area contributed by atoms with Crippen molar-refractivity contribution in [2.45, 2.75) is 31.8 Å². The van der Waals surface area contributed by atoms with E-state index >= 15 is 0 Å². The molecule has 1 aliphatic rings. The van der Waals surface area contributed by atoms with Crippen LogP contribution >= 0.6 is 0 Å². The Kier molecular flexibility index (Phi) is 3.87. The Morgan fingerprint density at radius 2 is 2.24 bits per heavy atom. The van der Waals surface area contributed by atoms with Crippen molar-refractivity contribution in [2.75, 3.05) is 18.0 Å². The van der Waals surface area contributed by atoms with E-state index in [2.05, 4.69) is 44.0 Å². The van der Waals surface area contributed by atoms with Gasteiger partial charge in [0.2, 0.25) is 0 Å². The topological polar surface area (TPSA) is 76.7 Å². The van der Waals surface area contributed by atoms with Crippen molar-refractivity contribution in [3.05, 3.63) is 18.2 Å². The highest BCUT2D eigenvalue weighted by atomic mass is 15.5. The average molecular weight is 290 g/mol. The average Bonchev–Trinajstić information content (AvgIpc) is 3.08. The molecule has 21 heavy (non-hydrogen) atoms. The highest BCUT2D eigenvalue weighted by Crippen LogP contribution is 2.20. The number of piperidine rings is 1. The minimum Gasteiger partial charge on any atom is -0.367 e. The fourth-order valence-electron chi connectivity index (χ4n) is 2.95. The Balaban J connectivity index is 1.62. The third-order valence-electron chi connectivity index (χ3n) is 4.00. The Labute approximate surface area is 124 Å². The van der Waals surface area contributed by atoms with Crippen molar-refractivity contribution in [3.8, 4) is 0 Å². The zero-order chi connectivity index (χ0) is 14.8. The van der Waals surface area contributed by atoms with Crippen LogP contribution in [0.5, 0.6) is 0 Å². The second kappa shape index (κ2) is 5.80. The van der Waals surface area contributed by atoms with Gasteiger partial charge in [0.1, 0.15) is 0 Å². The maximum atomic E-state index is 4.25. The molecule has 8 nitrogen and oxygen atoms in total. The molecule has 0 spiro atoms. The number of nitrogens with one attached hydrogen (secondary N) is 1. The summed E-state index contributed by atoms with van der Waals surface area (Å²) in [6.07, 6.45) is 6.35. The van der Waals surface area contributed by atoms with Crippen LogP contribution in [0.1, 0.15) is 31.6 Å². The summed E-state index contributed by atoms with van der Waals surface area (Å²) in [5, 5.41) is 19.6. The summed E-state index contributed by atoms with van der Waals surface area (Å²) in [6, 6.07) is 0.578. The summed E-state index contributed by atoms with van der Waals surface area (Å²) in [4.78, 5) is 2.38. The maximum absolute atomic E-state index is 4.25. The molecule has 1 fully saturated rings. The van der Waals surface area contributed by atoms with Crippen molar-refractivity contribution in [1.82, 2.24) is 35.3 Å². The fourth-order valence-corrected chi connectivity index (χ4v) is 2.95. The van der Waals surface area contributed by atoms with Crippen LogP contribution in [0.2, 0.25) is 0 Å². The first-order chi connectivity index (χ1) is 10.1. The number of rotatable bonds is 4. The Morgan fingerprint density at radius 3 is 2.90 bits per heavy atom. The van der Waals surface area contributed by atoms with Crippen LogP contribution in [0.4, 0.5) is 5.69 Å². The molecule has 3 heterocycles. The molecule has 114 valence electrons. The summed E-state index contributed by atoms with van der Waals surface area (Å²) in [5.74, 6) is 0.869. The summed E-state index contributed by atoms with van der Waals surface area (Å²) in [6.45, 7) is 4.18. The van der Waals surface area contributed by atoms with E-state index in [4.69, 9.17) is 0 Å². The molecule has 0 saturated carbocycles. The quantitative estimate of drug-likeness (QED) is 0.870. The molecular weight excluding hydrogens is 268 g/mol. The first-order valence-electron chi connectivity index (χ1n) is 7.35. The molecule has 8 heteroatoms. The highest BCUT2D eigenvalue weighted by molar-refractivity contribution is 5.43. The number of tetrazole rings is 1. The lowest BCUT2D eigenvalue weighted by Crippen LogP contribution is -2.46. The SMILES string of the molecule is CC(NC1CCCN(c2cnn(C)c2)C1)c1nnnn1C. The molecule has 2 aromatic heterocycles. The van der Waals surface area contributed by atoms with Gasteiger partial charge in [-0.15, -0.1) is 5.10 Å². The molecule has 1 N–H and O–H groups in total. The van der Waals surface area contributed by atoms with Gasteiger partial charge < -0.3 is 10.2 Å². The van der Waals surface area contributed by atoms with Crippen LogP contribution < -0.4 is 10.2 Å². The number of aryl methyl sites for hydroxylation is 2. The van der Waals surface area contributed by atoms with Gasteiger partial charge in [-0.2, -0.15) is 5.10 Å². The minimum absolute atomic E-state index is 0.142. The molecule has 2 unspecified atom stereocenters. The van der Waals surface area contributed by atoms with E-state index in [0.717, 1.165) is 18.9 Å². The zero-order valence-corrected chi connectivity index (χ0v) is 12.8. The Morgan fingerprint density at radius 1 is 1.38 bits per heavy atom. The summed E-state index contributed by atoms with van der Waals surface area (Å²) in [5.41, 5.74) is 1.19. The molecule has 0 aromatic carbocycles. The van der Waals surface area contributed by atoms with Crippen LogP contribution in [-0.4, -0.2) is 49.1 Å². The summed E-state index contributed by atoms with van der Waals surface area (Å²) < 4.78 is 3.57. The van der Waals surface area contributed by atoms with Gasteiger partial charge in [0.05, 0.1) is 17.9 Å². The molecule has 0 aliphatic carbocycles. The van der Waals surface area contributed by atoms with Crippen molar-refractivity contribution in [3.63, 3.8) is 0 Å². The Hall–Kier alpha value is -1.96. The smallest absolute Gasteiger partial charge is 0.167 e. The molecule has 1 aliphatic heterocycles. The van der Waals surface area contributed by atoms with Gasteiger partial charge in [0, 0.05) is 39.4 Å². The van der Waals surface area contributed by atoms with Gasteiger partial charge in [-0.05, 0) is 30.2 Å². The van der Waals surface area contributed by atoms with Crippen LogP contribution in [0.15, 0.2) is 12.4 Å².